The van der Waals surface area contributed by atoms with Gasteiger partial charge in [0.2, 0.25) is 0 Å². The lowest BCUT2D eigenvalue weighted by Crippen LogP contribution is -1.95. The molecule has 13 heavy (non-hydrogen) atoms. The fourth-order valence-electron chi connectivity index (χ4n) is 1.82. The Morgan fingerprint density at radius 3 is 2.92 bits per heavy atom. The number of anilines is 1. The fraction of sp³-hybridized carbons (Fsp3) is 0.273. The normalized spacial score (nSPS) is 10.9. The largest absolute Gasteiger partial charge is 0.398 e. The molecular formula is C11H13NS. The maximum absolute atomic E-state index is 5.96. The molecule has 0 radical (unpaired) electrons. The van der Waals surface area contributed by atoms with E-state index in [9.17, 15) is 0 Å². The summed E-state index contributed by atoms with van der Waals surface area (Å²) in [4.78, 5) is 0. The van der Waals surface area contributed by atoms with Crippen LogP contribution in [0, 0.1) is 6.92 Å². The Morgan fingerprint density at radius 2 is 2.23 bits per heavy atom. The Morgan fingerprint density at radius 1 is 1.46 bits per heavy atom. The monoisotopic (exact) mass is 191 g/mol. The molecule has 2 rings (SSSR count). The summed E-state index contributed by atoms with van der Waals surface area (Å²) in [6.07, 6.45) is 1.02. The number of hydrogen-bond acceptors (Lipinski definition) is 2. The van der Waals surface area contributed by atoms with Gasteiger partial charge in [0.15, 0.2) is 0 Å². The van der Waals surface area contributed by atoms with Crippen LogP contribution < -0.4 is 5.73 Å². The summed E-state index contributed by atoms with van der Waals surface area (Å²) in [5.74, 6) is 0. The van der Waals surface area contributed by atoms with Crippen molar-refractivity contribution in [2.75, 3.05) is 5.73 Å². The topological polar surface area (TPSA) is 26.0 Å². The van der Waals surface area contributed by atoms with Crippen LogP contribution in [0.5, 0.6) is 0 Å². The summed E-state index contributed by atoms with van der Waals surface area (Å²) in [5.41, 5.74) is 9.55. The molecule has 0 spiro atoms. The highest BCUT2D eigenvalue weighted by Crippen LogP contribution is 2.31. The van der Waals surface area contributed by atoms with E-state index in [1.807, 2.05) is 0 Å². The molecule has 1 aromatic heterocycles. The van der Waals surface area contributed by atoms with E-state index in [4.69, 9.17) is 5.73 Å². The maximum atomic E-state index is 5.96. The summed E-state index contributed by atoms with van der Waals surface area (Å²) in [6, 6.07) is 4.21. The van der Waals surface area contributed by atoms with E-state index in [0.717, 1.165) is 12.1 Å². The lowest BCUT2D eigenvalue weighted by molar-refractivity contribution is 1.13. The van der Waals surface area contributed by atoms with Crippen LogP contribution in [0.15, 0.2) is 17.5 Å². The van der Waals surface area contributed by atoms with Gasteiger partial charge in [0.25, 0.3) is 0 Å². The highest BCUT2D eigenvalue weighted by Gasteiger charge is 2.06. The van der Waals surface area contributed by atoms with Crippen molar-refractivity contribution in [2.24, 2.45) is 0 Å². The molecular weight excluding hydrogens is 178 g/mol. The zero-order valence-corrected chi connectivity index (χ0v) is 8.74. The highest BCUT2D eigenvalue weighted by atomic mass is 32.1. The summed E-state index contributed by atoms with van der Waals surface area (Å²) in [6.45, 7) is 4.31. The number of thiophene rings is 1. The van der Waals surface area contributed by atoms with E-state index < -0.39 is 0 Å². The van der Waals surface area contributed by atoms with E-state index >= 15 is 0 Å². The smallest absolute Gasteiger partial charge is 0.0376 e. The van der Waals surface area contributed by atoms with E-state index in [1.165, 1.54) is 21.2 Å². The number of aryl methyl sites for hydroxylation is 1. The van der Waals surface area contributed by atoms with E-state index in [1.54, 1.807) is 11.3 Å². The van der Waals surface area contributed by atoms with E-state index in [2.05, 4.69) is 31.4 Å². The minimum atomic E-state index is 0.936. The molecule has 1 aromatic carbocycles. The Hall–Kier alpha value is -1.02. The van der Waals surface area contributed by atoms with Gasteiger partial charge < -0.3 is 5.73 Å². The minimum Gasteiger partial charge on any atom is -0.398 e. The van der Waals surface area contributed by atoms with Crippen molar-refractivity contribution in [1.82, 2.24) is 0 Å². The Kier molecular flexibility index (Phi) is 2.00. The third kappa shape index (κ3) is 1.22. The zero-order valence-electron chi connectivity index (χ0n) is 7.92. The van der Waals surface area contributed by atoms with Crippen LogP contribution in [0.25, 0.3) is 10.1 Å². The van der Waals surface area contributed by atoms with Gasteiger partial charge in [-0.1, -0.05) is 6.92 Å². The molecule has 0 aliphatic heterocycles. The molecule has 2 N–H and O–H groups in total. The molecule has 0 aliphatic rings. The molecule has 0 fully saturated rings. The number of rotatable bonds is 1. The van der Waals surface area contributed by atoms with Crippen molar-refractivity contribution in [1.29, 1.82) is 0 Å². The first-order valence-corrected chi connectivity index (χ1v) is 5.37. The van der Waals surface area contributed by atoms with Crippen molar-refractivity contribution in [3.05, 3.63) is 28.6 Å². The second-order valence-electron chi connectivity index (χ2n) is 3.26. The summed E-state index contributed by atoms with van der Waals surface area (Å²) in [7, 11) is 0. The number of hydrogen-bond donors (Lipinski definition) is 1. The summed E-state index contributed by atoms with van der Waals surface area (Å²) < 4.78 is 1.38. The first-order chi connectivity index (χ1) is 6.24. The van der Waals surface area contributed by atoms with Crippen LogP contribution >= 0.6 is 11.3 Å². The predicted molar refractivity (Wildman–Crippen MR) is 60.4 cm³/mol. The van der Waals surface area contributed by atoms with Gasteiger partial charge in [0.05, 0.1) is 0 Å². The number of fused-ring (bicyclic) bond motifs is 1. The highest BCUT2D eigenvalue weighted by molar-refractivity contribution is 7.17. The second-order valence-corrected chi connectivity index (χ2v) is 4.18. The van der Waals surface area contributed by atoms with Gasteiger partial charge in [-0.15, -0.1) is 11.3 Å². The third-order valence-corrected chi connectivity index (χ3v) is 3.55. The first kappa shape index (κ1) is 8.57. The minimum absolute atomic E-state index is 0.936. The van der Waals surface area contributed by atoms with Gasteiger partial charge in [-0.25, -0.2) is 0 Å². The summed E-state index contributed by atoms with van der Waals surface area (Å²) in [5, 5.41) is 3.40. The van der Waals surface area contributed by atoms with E-state index in [0.29, 0.717) is 0 Å². The van der Waals surface area contributed by atoms with Crippen LogP contribution in [-0.2, 0) is 6.42 Å². The van der Waals surface area contributed by atoms with Crippen molar-refractivity contribution < 1.29 is 0 Å². The predicted octanol–water partition coefficient (Wildman–Crippen LogP) is 3.35. The molecule has 0 saturated heterocycles. The van der Waals surface area contributed by atoms with Crippen LogP contribution in [-0.4, -0.2) is 0 Å². The van der Waals surface area contributed by atoms with Crippen molar-refractivity contribution in [3.63, 3.8) is 0 Å². The standard InChI is InChI=1S/C11H13NS/c1-3-9-7(2)11-8(4-5-13-11)6-10(9)12/h4-6H,3,12H2,1-2H3. The second kappa shape index (κ2) is 3.04. The first-order valence-electron chi connectivity index (χ1n) is 4.49. The summed E-state index contributed by atoms with van der Waals surface area (Å²) >= 11 is 1.80. The molecule has 1 heterocycles. The van der Waals surface area contributed by atoms with Crippen molar-refractivity contribution in [3.8, 4) is 0 Å². The lowest BCUT2D eigenvalue weighted by atomic mass is 10.0. The van der Waals surface area contributed by atoms with Gasteiger partial charge in [-0.05, 0) is 47.4 Å². The quantitative estimate of drug-likeness (QED) is 0.687. The van der Waals surface area contributed by atoms with Crippen LogP contribution in [0.2, 0.25) is 0 Å². The molecule has 0 bridgehead atoms. The van der Waals surface area contributed by atoms with Gasteiger partial charge in [0.1, 0.15) is 0 Å². The van der Waals surface area contributed by atoms with Gasteiger partial charge in [-0.3, -0.25) is 0 Å². The molecule has 0 amide bonds. The Bertz CT molecular complexity index is 443. The molecule has 1 nitrogen and oxygen atoms in total. The average molecular weight is 191 g/mol. The Labute approximate surface area is 82.2 Å². The van der Waals surface area contributed by atoms with Gasteiger partial charge in [0, 0.05) is 10.4 Å². The van der Waals surface area contributed by atoms with E-state index in [-0.39, 0.29) is 0 Å². The van der Waals surface area contributed by atoms with Crippen LogP contribution in [0.3, 0.4) is 0 Å². The number of nitrogens with two attached hydrogens (primary N) is 1. The average Bonchev–Trinajstić information content (AvgIpc) is 2.53. The fourth-order valence-corrected chi connectivity index (χ4v) is 2.73. The van der Waals surface area contributed by atoms with Crippen molar-refractivity contribution >= 4 is 27.1 Å². The maximum Gasteiger partial charge on any atom is 0.0376 e. The molecule has 2 heteroatoms. The molecule has 68 valence electrons. The Balaban J connectivity index is 2.85. The molecule has 0 unspecified atom stereocenters. The van der Waals surface area contributed by atoms with Crippen molar-refractivity contribution in [2.45, 2.75) is 20.3 Å². The van der Waals surface area contributed by atoms with Crippen LogP contribution in [0.1, 0.15) is 18.1 Å². The molecule has 2 aromatic rings. The molecule has 0 atom stereocenters. The lowest BCUT2D eigenvalue weighted by Gasteiger charge is -2.07. The van der Waals surface area contributed by atoms with Crippen LogP contribution in [0.4, 0.5) is 5.69 Å². The number of nitrogen functional groups attached to an aromatic ring is 1. The third-order valence-electron chi connectivity index (χ3n) is 2.50. The van der Waals surface area contributed by atoms with Gasteiger partial charge >= 0.3 is 0 Å². The molecule has 0 aliphatic carbocycles. The van der Waals surface area contributed by atoms with Gasteiger partial charge in [-0.2, -0.15) is 0 Å². The molecule has 0 saturated carbocycles. The zero-order chi connectivity index (χ0) is 9.42. The number of benzene rings is 1. The SMILES string of the molecule is CCc1c(N)cc2ccsc2c1C.